The van der Waals surface area contributed by atoms with Gasteiger partial charge in [-0.2, -0.15) is 0 Å². The van der Waals surface area contributed by atoms with E-state index in [1.807, 2.05) is 48.5 Å². The summed E-state index contributed by atoms with van der Waals surface area (Å²) in [6.07, 6.45) is 3.55. The Kier molecular flexibility index (Phi) is 2.90. The SMILES string of the molecule is c1ccc2c(c1)O[Si-]1(CCCOC3CC3)(O2)Oc2ccccc2O1. The van der Waals surface area contributed by atoms with E-state index in [4.69, 9.17) is 22.4 Å². The number of hydrogen-bond donors (Lipinski definition) is 0. The number of fused-ring (bicyclic) bond motifs is 2. The molecule has 5 nitrogen and oxygen atoms in total. The molecule has 24 heavy (non-hydrogen) atoms. The summed E-state index contributed by atoms with van der Waals surface area (Å²) in [4.78, 5) is 0. The zero-order chi connectivity index (χ0) is 16.1. The second-order valence-corrected chi connectivity index (χ2v) is 10.0. The zero-order valence-electron chi connectivity index (χ0n) is 13.3. The molecule has 0 saturated heterocycles. The van der Waals surface area contributed by atoms with Gasteiger partial charge in [0.05, 0.1) is 0 Å². The molecule has 0 radical (unpaired) electrons. The van der Waals surface area contributed by atoms with Crippen LogP contribution in [0, 0.1) is 0 Å². The fraction of sp³-hybridized carbons (Fsp3) is 0.333. The first-order valence-electron chi connectivity index (χ1n) is 8.48. The zero-order valence-corrected chi connectivity index (χ0v) is 14.3. The molecule has 1 fully saturated rings. The van der Waals surface area contributed by atoms with E-state index in [0.717, 1.165) is 6.42 Å². The Labute approximate surface area is 141 Å². The van der Waals surface area contributed by atoms with Crippen molar-refractivity contribution in [2.75, 3.05) is 6.61 Å². The van der Waals surface area contributed by atoms with Gasteiger partial charge in [0, 0.05) is 0 Å². The Balaban J connectivity index is 1.44. The fourth-order valence-electron chi connectivity index (χ4n) is 3.26. The molecule has 2 heterocycles. The van der Waals surface area contributed by atoms with Gasteiger partial charge in [0.1, 0.15) is 0 Å². The van der Waals surface area contributed by atoms with Crippen molar-refractivity contribution in [1.82, 2.24) is 0 Å². The van der Waals surface area contributed by atoms with Crippen molar-refractivity contribution in [2.24, 2.45) is 0 Å². The molecular weight excluding hydrogens is 324 g/mol. The van der Waals surface area contributed by atoms with Gasteiger partial charge in [-0.1, -0.05) is 0 Å². The molecule has 1 saturated carbocycles. The van der Waals surface area contributed by atoms with Crippen LogP contribution in [0.25, 0.3) is 0 Å². The van der Waals surface area contributed by atoms with Gasteiger partial charge in [-0.25, -0.2) is 0 Å². The van der Waals surface area contributed by atoms with Crippen LogP contribution in [0.15, 0.2) is 48.5 Å². The topological polar surface area (TPSA) is 46.2 Å². The normalized spacial score (nSPS) is 22.9. The molecule has 0 amide bonds. The summed E-state index contributed by atoms with van der Waals surface area (Å²) in [5.41, 5.74) is 0. The van der Waals surface area contributed by atoms with E-state index in [9.17, 15) is 0 Å². The Morgan fingerprint density at radius 2 is 1.25 bits per heavy atom. The Morgan fingerprint density at radius 1 is 0.792 bits per heavy atom. The average Bonchev–Trinajstić information content (AvgIpc) is 3.27. The fourth-order valence-corrected chi connectivity index (χ4v) is 7.02. The minimum atomic E-state index is -4.05. The maximum atomic E-state index is 6.28. The number of ether oxygens (including phenoxy) is 1. The van der Waals surface area contributed by atoms with Gasteiger partial charge in [0.2, 0.25) is 0 Å². The summed E-state index contributed by atoms with van der Waals surface area (Å²) in [5, 5.41) is 0. The minimum absolute atomic E-state index is 0.437. The molecule has 1 spiro atoms. The first-order chi connectivity index (χ1) is 11.7. The van der Waals surface area contributed by atoms with E-state index in [1.165, 1.54) is 12.8 Å². The third-order valence-electron chi connectivity index (χ3n) is 4.53. The molecule has 6 heteroatoms. The van der Waals surface area contributed by atoms with Gasteiger partial charge in [-0.15, -0.1) is 0 Å². The first-order valence-corrected chi connectivity index (χ1v) is 10.8. The molecule has 126 valence electrons. The molecule has 5 rings (SSSR count). The van der Waals surface area contributed by atoms with Crippen molar-refractivity contribution in [3.05, 3.63) is 48.5 Å². The third kappa shape index (κ3) is 2.25. The summed E-state index contributed by atoms with van der Waals surface area (Å²) in [7, 11) is -4.05. The van der Waals surface area contributed by atoms with Crippen molar-refractivity contribution in [3.63, 3.8) is 0 Å². The quantitative estimate of drug-likeness (QED) is 0.609. The molecule has 3 aliphatic rings. The second-order valence-electron chi connectivity index (χ2n) is 6.55. The number of hydrogen-bond acceptors (Lipinski definition) is 5. The van der Waals surface area contributed by atoms with Crippen LogP contribution in [-0.4, -0.2) is 21.0 Å². The Bertz CT molecular complexity index is 675. The van der Waals surface area contributed by atoms with E-state index >= 15 is 0 Å². The van der Waals surface area contributed by atoms with Crippen molar-refractivity contribution >= 4 is 8.33 Å². The molecule has 1 aliphatic carbocycles. The van der Waals surface area contributed by atoms with Crippen LogP contribution in [0.1, 0.15) is 19.3 Å². The molecule has 2 aliphatic heterocycles. The van der Waals surface area contributed by atoms with Gasteiger partial charge in [0.15, 0.2) is 0 Å². The predicted molar refractivity (Wildman–Crippen MR) is 89.5 cm³/mol. The van der Waals surface area contributed by atoms with Crippen LogP contribution < -0.4 is 17.7 Å². The van der Waals surface area contributed by atoms with Crippen LogP contribution in [0.4, 0.5) is 0 Å². The molecule has 0 unspecified atom stereocenters. The van der Waals surface area contributed by atoms with E-state index in [2.05, 4.69) is 0 Å². The molecule has 0 atom stereocenters. The molecule has 2 aromatic rings. The molecule has 0 bridgehead atoms. The van der Waals surface area contributed by atoms with Crippen LogP contribution in [0.5, 0.6) is 23.0 Å². The van der Waals surface area contributed by atoms with Crippen molar-refractivity contribution in [3.8, 4) is 23.0 Å². The number of rotatable bonds is 5. The summed E-state index contributed by atoms with van der Waals surface area (Å²) >= 11 is 0. The van der Waals surface area contributed by atoms with E-state index in [1.54, 1.807) is 0 Å². The number of para-hydroxylation sites is 4. The van der Waals surface area contributed by atoms with Crippen LogP contribution in [-0.2, 0) is 4.74 Å². The summed E-state index contributed by atoms with van der Waals surface area (Å²) < 4.78 is 30.9. The standard InChI is InChI=1S/C18H19O5Si/c1-2-7-16-15(6-1)20-24(21-16,13-5-12-19-14-10-11-14)22-17-8-3-4-9-18(17)23-24/h1-4,6-9,14H,5,10-13H2/q-1. The summed E-state index contributed by atoms with van der Waals surface area (Å²) in [6.45, 7) is 0.667. The van der Waals surface area contributed by atoms with Gasteiger partial charge in [-0.3, -0.25) is 0 Å². The third-order valence-corrected chi connectivity index (χ3v) is 8.16. The van der Waals surface area contributed by atoms with Crippen LogP contribution in [0.3, 0.4) is 0 Å². The molecular formula is C18H19O5Si-. The van der Waals surface area contributed by atoms with Gasteiger partial charge >= 0.3 is 140 Å². The molecule has 0 N–H and O–H groups in total. The molecule has 2 aromatic carbocycles. The van der Waals surface area contributed by atoms with Gasteiger partial charge in [-0.05, 0) is 0 Å². The number of benzene rings is 2. The van der Waals surface area contributed by atoms with Crippen LogP contribution in [0.2, 0.25) is 6.04 Å². The van der Waals surface area contributed by atoms with E-state index in [-0.39, 0.29) is 0 Å². The maximum absolute atomic E-state index is 6.28. The Morgan fingerprint density at radius 3 is 1.67 bits per heavy atom. The van der Waals surface area contributed by atoms with Crippen LogP contribution >= 0.6 is 0 Å². The first kappa shape index (κ1) is 14.2. The van der Waals surface area contributed by atoms with Crippen molar-refractivity contribution in [1.29, 1.82) is 0 Å². The summed E-state index contributed by atoms with van der Waals surface area (Å²) in [5.74, 6) is 2.73. The average molecular weight is 343 g/mol. The van der Waals surface area contributed by atoms with Gasteiger partial charge in [0.25, 0.3) is 0 Å². The van der Waals surface area contributed by atoms with Crippen molar-refractivity contribution in [2.45, 2.75) is 31.4 Å². The van der Waals surface area contributed by atoms with E-state index < -0.39 is 8.33 Å². The monoisotopic (exact) mass is 343 g/mol. The summed E-state index contributed by atoms with van der Waals surface area (Å²) in [6, 6.07) is 15.8. The van der Waals surface area contributed by atoms with E-state index in [0.29, 0.717) is 41.8 Å². The van der Waals surface area contributed by atoms with Gasteiger partial charge < -0.3 is 0 Å². The predicted octanol–water partition coefficient (Wildman–Crippen LogP) is 3.89. The molecule has 0 aromatic heterocycles. The Hall–Kier alpha value is -2.18. The second kappa shape index (κ2) is 4.91. The van der Waals surface area contributed by atoms with Crippen molar-refractivity contribution < 1.29 is 22.4 Å².